The lowest BCUT2D eigenvalue weighted by Gasteiger charge is -2.14. The molecule has 0 aliphatic heterocycles. The first-order valence-electron chi connectivity index (χ1n) is 8.28. The molecule has 2 rings (SSSR count). The summed E-state index contributed by atoms with van der Waals surface area (Å²) in [6, 6.07) is 14.2. The summed E-state index contributed by atoms with van der Waals surface area (Å²) < 4.78 is 28.2. The number of ether oxygens (including phenoxy) is 1. The monoisotopic (exact) mass is 376 g/mol. The molecule has 1 amide bonds. The van der Waals surface area contributed by atoms with Crippen LogP contribution in [-0.4, -0.2) is 32.4 Å². The molecule has 0 radical (unpaired) electrons. The minimum Gasteiger partial charge on any atom is -0.457 e. The minimum atomic E-state index is -3.14. The van der Waals surface area contributed by atoms with Gasteiger partial charge in [0.25, 0.3) is 0 Å². The van der Waals surface area contributed by atoms with E-state index < -0.39 is 21.8 Å². The van der Waals surface area contributed by atoms with Gasteiger partial charge in [0.15, 0.2) is 0 Å². The van der Waals surface area contributed by atoms with Crippen LogP contribution in [0.5, 0.6) is 11.5 Å². The Morgan fingerprint density at radius 1 is 1.15 bits per heavy atom. The second-order valence-electron chi connectivity index (χ2n) is 6.27. The van der Waals surface area contributed by atoms with E-state index in [1.807, 2.05) is 55.5 Å². The Kier molecular flexibility index (Phi) is 6.76. The maximum atomic E-state index is 12.1. The van der Waals surface area contributed by atoms with Crippen molar-refractivity contribution in [2.24, 2.45) is 5.73 Å². The lowest BCUT2D eigenvalue weighted by molar-refractivity contribution is -0.122. The molecule has 0 saturated carbocycles. The summed E-state index contributed by atoms with van der Waals surface area (Å²) in [5.74, 6) is 0.841. The molecule has 0 heterocycles. The summed E-state index contributed by atoms with van der Waals surface area (Å²) >= 11 is 0. The van der Waals surface area contributed by atoms with Crippen molar-refractivity contribution in [3.05, 3.63) is 59.7 Å². The highest BCUT2D eigenvalue weighted by atomic mass is 32.2. The van der Waals surface area contributed by atoms with Gasteiger partial charge in [-0.2, -0.15) is 0 Å². The Balaban J connectivity index is 1.97. The van der Waals surface area contributed by atoms with Crippen molar-refractivity contribution in [1.82, 2.24) is 5.32 Å². The molecule has 1 atom stereocenters. The van der Waals surface area contributed by atoms with Crippen LogP contribution < -0.4 is 15.8 Å². The third kappa shape index (κ3) is 6.50. The maximum Gasteiger partial charge on any atom is 0.237 e. The number of para-hydroxylation sites is 1. The molecule has 0 aliphatic rings. The Bertz CT molecular complexity index is 848. The van der Waals surface area contributed by atoms with Gasteiger partial charge in [0, 0.05) is 18.4 Å². The maximum absolute atomic E-state index is 12.1. The molecule has 0 fully saturated rings. The number of nitrogens with one attached hydrogen (secondary N) is 1. The Morgan fingerprint density at radius 3 is 2.46 bits per heavy atom. The number of aryl methyl sites for hydroxylation is 1. The highest BCUT2D eigenvalue weighted by molar-refractivity contribution is 7.90. The number of amides is 1. The van der Waals surface area contributed by atoms with E-state index in [0.29, 0.717) is 11.5 Å². The average molecular weight is 376 g/mol. The van der Waals surface area contributed by atoms with Gasteiger partial charge in [-0.25, -0.2) is 8.42 Å². The molecule has 7 heteroatoms. The normalized spacial score (nSPS) is 12.4. The van der Waals surface area contributed by atoms with Gasteiger partial charge in [0.2, 0.25) is 5.91 Å². The van der Waals surface area contributed by atoms with E-state index in [1.165, 1.54) is 0 Å². The molecule has 2 aromatic carbocycles. The Labute approximate surface area is 154 Å². The predicted molar refractivity (Wildman–Crippen MR) is 102 cm³/mol. The molecule has 6 nitrogen and oxygen atoms in total. The van der Waals surface area contributed by atoms with Gasteiger partial charge in [-0.05, 0) is 31.5 Å². The molecule has 3 N–H and O–H groups in total. The topological polar surface area (TPSA) is 98.5 Å². The van der Waals surface area contributed by atoms with Gasteiger partial charge in [-0.3, -0.25) is 4.79 Å². The smallest absolute Gasteiger partial charge is 0.237 e. The Hall–Kier alpha value is -2.38. The van der Waals surface area contributed by atoms with Gasteiger partial charge in [0.05, 0.1) is 11.8 Å². The van der Waals surface area contributed by atoms with E-state index in [4.69, 9.17) is 10.5 Å². The number of hydrogen-bond acceptors (Lipinski definition) is 5. The third-order valence-corrected chi connectivity index (χ3v) is 4.79. The molecule has 140 valence electrons. The summed E-state index contributed by atoms with van der Waals surface area (Å²) in [5.41, 5.74) is 7.70. The molecular formula is C19H24N2O4S. The quantitative estimate of drug-likeness (QED) is 0.736. The fraction of sp³-hybridized carbons (Fsp3) is 0.316. The van der Waals surface area contributed by atoms with Gasteiger partial charge < -0.3 is 15.8 Å². The second-order valence-corrected chi connectivity index (χ2v) is 8.53. The van der Waals surface area contributed by atoms with E-state index in [9.17, 15) is 13.2 Å². The number of sulfone groups is 1. The molecule has 0 saturated heterocycles. The number of nitrogens with two attached hydrogens (primary N) is 1. The summed E-state index contributed by atoms with van der Waals surface area (Å²) in [5, 5.41) is 2.73. The van der Waals surface area contributed by atoms with Gasteiger partial charge in [0.1, 0.15) is 21.3 Å². The highest BCUT2D eigenvalue weighted by Crippen LogP contribution is 2.25. The molecule has 26 heavy (non-hydrogen) atoms. The number of benzene rings is 2. The van der Waals surface area contributed by atoms with Crippen LogP contribution in [0.4, 0.5) is 0 Å². The van der Waals surface area contributed by atoms with Crippen molar-refractivity contribution in [2.75, 3.05) is 12.0 Å². The Morgan fingerprint density at radius 2 is 1.81 bits per heavy atom. The van der Waals surface area contributed by atoms with E-state index in [0.717, 1.165) is 17.4 Å². The summed E-state index contributed by atoms with van der Waals surface area (Å²) in [4.78, 5) is 12.1. The van der Waals surface area contributed by atoms with E-state index >= 15 is 0 Å². The van der Waals surface area contributed by atoms with Gasteiger partial charge >= 0.3 is 0 Å². The highest BCUT2D eigenvalue weighted by Gasteiger charge is 2.16. The van der Waals surface area contributed by atoms with Crippen LogP contribution in [0.15, 0.2) is 48.5 Å². The minimum absolute atomic E-state index is 0.0895. The number of carbonyl (C=O) groups excluding carboxylic acids is 1. The number of rotatable bonds is 8. The summed E-state index contributed by atoms with van der Waals surface area (Å²) in [6.07, 6.45) is 1.21. The average Bonchev–Trinajstić information content (AvgIpc) is 2.60. The van der Waals surface area contributed by atoms with Crippen LogP contribution in [0.2, 0.25) is 0 Å². The van der Waals surface area contributed by atoms with Crippen LogP contribution in [-0.2, 0) is 21.2 Å². The SMILES string of the molecule is Cc1ccc(Oc2ccccc2CNC(=O)C(N)CCS(C)(=O)=O)cc1. The fourth-order valence-corrected chi connectivity index (χ4v) is 2.95. The van der Waals surface area contributed by atoms with Crippen LogP contribution in [0, 0.1) is 6.92 Å². The van der Waals surface area contributed by atoms with Crippen LogP contribution in [0.3, 0.4) is 0 Å². The van der Waals surface area contributed by atoms with Gasteiger partial charge in [-0.1, -0.05) is 35.9 Å². The lowest BCUT2D eigenvalue weighted by atomic mass is 10.1. The first kappa shape index (κ1) is 19.9. The first-order valence-corrected chi connectivity index (χ1v) is 10.3. The molecular weight excluding hydrogens is 352 g/mol. The molecule has 0 aromatic heterocycles. The number of carbonyl (C=O) groups is 1. The predicted octanol–water partition coefficient (Wildman–Crippen LogP) is 2.17. The standard InChI is InChI=1S/C19H24N2O4S/c1-14-7-9-16(10-8-14)25-18-6-4-3-5-15(18)13-21-19(22)17(20)11-12-26(2,23)24/h3-10,17H,11-13,20H2,1-2H3,(H,21,22). The first-order chi connectivity index (χ1) is 12.2. The van der Waals surface area contributed by atoms with Gasteiger partial charge in [-0.15, -0.1) is 0 Å². The van der Waals surface area contributed by atoms with Crippen LogP contribution >= 0.6 is 0 Å². The zero-order chi connectivity index (χ0) is 19.2. The van der Waals surface area contributed by atoms with Crippen molar-refractivity contribution >= 4 is 15.7 Å². The number of hydrogen-bond donors (Lipinski definition) is 2. The fourth-order valence-electron chi connectivity index (χ4n) is 2.27. The lowest BCUT2D eigenvalue weighted by Crippen LogP contribution is -2.41. The zero-order valence-electron chi connectivity index (χ0n) is 14.9. The van der Waals surface area contributed by atoms with Crippen LogP contribution in [0.25, 0.3) is 0 Å². The van der Waals surface area contributed by atoms with Crippen molar-refractivity contribution < 1.29 is 17.9 Å². The molecule has 2 aromatic rings. The van der Waals surface area contributed by atoms with Crippen molar-refractivity contribution in [3.8, 4) is 11.5 Å². The van der Waals surface area contributed by atoms with Crippen molar-refractivity contribution in [2.45, 2.75) is 25.9 Å². The van der Waals surface area contributed by atoms with E-state index in [1.54, 1.807) is 0 Å². The molecule has 0 spiro atoms. The third-order valence-electron chi connectivity index (χ3n) is 3.81. The summed E-state index contributed by atoms with van der Waals surface area (Å²) in [6.45, 7) is 2.24. The molecule has 0 bridgehead atoms. The van der Waals surface area contributed by atoms with Crippen molar-refractivity contribution in [3.63, 3.8) is 0 Å². The van der Waals surface area contributed by atoms with Crippen molar-refractivity contribution in [1.29, 1.82) is 0 Å². The molecule has 0 aliphatic carbocycles. The largest absolute Gasteiger partial charge is 0.457 e. The second kappa shape index (κ2) is 8.82. The molecule has 1 unspecified atom stereocenters. The van der Waals surface area contributed by atoms with E-state index in [-0.39, 0.29) is 18.7 Å². The van der Waals surface area contributed by atoms with Crippen LogP contribution in [0.1, 0.15) is 17.5 Å². The summed E-state index contributed by atoms with van der Waals surface area (Å²) in [7, 11) is -3.14. The van der Waals surface area contributed by atoms with E-state index in [2.05, 4.69) is 5.32 Å². The zero-order valence-corrected chi connectivity index (χ0v) is 15.8.